The molecular formula is C12H17N3O4. The minimum Gasteiger partial charge on any atom is -0.477 e. The molecule has 1 rings (SSSR count). The molecule has 1 heterocycles. The van der Waals surface area contributed by atoms with Crippen molar-refractivity contribution in [3.05, 3.63) is 27.9 Å². The van der Waals surface area contributed by atoms with Gasteiger partial charge >= 0.3 is 11.7 Å². The van der Waals surface area contributed by atoms with E-state index in [0.29, 0.717) is 5.82 Å². The zero-order valence-corrected chi connectivity index (χ0v) is 11.2. The normalized spacial score (nSPS) is 11.9. The van der Waals surface area contributed by atoms with Crippen molar-refractivity contribution in [2.24, 2.45) is 0 Å². The molecule has 0 aliphatic carbocycles. The van der Waals surface area contributed by atoms with Crippen molar-refractivity contribution in [2.45, 2.75) is 32.7 Å². The maximum atomic E-state index is 11.0. The molecule has 0 fully saturated rings. The Kier molecular flexibility index (Phi) is 4.80. The van der Waals surface area contributed by atoms with Crippen molar-refractivity contribution >= 4 is 17.5 Å². The van der Waals surface area contributed by atoms with E-state index in [2.05, 4.69) is 11.9 Å². The van der Waals surface area contributed by atoms with Crippen molar-refractivity contribution in [3.63, 3.8) is 0 Å². The second-order valence-corrected chi connectivity index (χ2v) is 4.37. The molecule has 104 valence electrons. The maximum Gasteiger partial charge on any atom is 0.342 e. The van der Waals surface area contributed by atoms with E-state index in [0.717, 1.165) is 19.0 Å². The van der Waals surface area contributed by atoms with E-state index in [4.69, 9.17) is 5.11 Å². The topological polar surface area (TPSA) is 96.6 Å². The van der Waals surface area contributed by atoms with Gasteiger partial charge in [0.15, 0.2) is 0 Å². The van der Waals surface area contributed by atoms with Crippen LogP contribution in [-0.4, -0.2) is 34.1 Å². The molecule has 7 nitrogen and oxygen atoms in total. The van der Waals surface area contributed by atoms with E-state index in [1.165, 1.54) is 6.07 Å². The zero-order chi connectivity index (χ0) is 14.6. The Labute approximate surface area is 111 Å². The van der Waals surface area contributed by atoms with Gasteiger partial charge in [-0.2, -0.15) is 0 Å². The lowest BCUT2D eigenvalue weighted by Gasteiger charge is -2.25. The van der Waals surface area contributed by atoms with Gasteiger partial charge in [-0.15, -0.1) is 0 Å². The van der Waals surface area contributed by atoms with Gasteiger partial charge in [-0.3, -0.25) is 10.1 Å². The summed E-state index contributed by atoms with van der Waals surface area (Å²) in [5.41, 5.74) is -0.835. The Hall–Kier alpha value is -2.18. The Morgan fingerprint density at radius 3 is 2.74 bits per heavy atom. The van der Waals surface area contributed by atoms with Crippen LogP contribution in [0.5, 0.6) is 0 Å². The third-order valence-corrected chi connectivity index (χ3v) is 3.02. The highest BCUT2D eigenvalue weighted by Gasteiger charge is 2.22. The molecule has 1 aromatic rings. The van der Waals surface area contributed by atoms with E-state index < -0.39 is 16.6 Å². The Morgan fingerprint density at radius 2 is 2.26 bits per heavy atom. The fourth-order valence-electron chi connectivity index (χ4n) is 1.78. The summed E-state index contributed by atoms with van der Waals surface area (Å²) in [7, 11) is 1.79. The number of carboxylic acids is 1. The molecule has 0 saturated heterocycles. The van der Waals surface area contributed by atoms with Crippen molar-refractivity contribution in [2.75, 3.05) is 11.9 Å². The smallest absolute Gasteiger partial charge is 0.342 e. The molecule has 0 radical (unpaired) electrons. The summed E-state index contributed by atoms with van der Waals surface area (Å²) in [5.74, 6) is -0.907. The highest BCUT2D eigenvalue weighted by atomic mass is 16.6. The molecule has 0 aromatic carbocycles. The van der Waals surface area contributed by atoms with Crippen LogP contribution in [0.1, 0.15) is 37.0 Å². The molecule has 7 heteroatoms. The van der Waals surface area contributed by atoms with Gasteiger partial charge in [0.2, 0.25) is 0 Å². The molecule has 0 aliphatic heterocycles. The molecule has 1 atom stereocenters. The van der Waals surface area contributed by atoms with Crippen LogP contribution in [0.15, 0.2) is 12.3 Å². The lowest BCUT2D eigenvalue weighted by atomic mass is 10.1. The highest BCUT2D eigenvalue weighted by molar-refractivity contribution is 5.93. The third kappa shape index (κ3) is 3.40. The number of hydrogen-bond acceptors (Lipinski definition) is 5. The number of aromatic nitrogens is 1. The first-order chi connectivity index (χ1) is 8.88. The Balaban J connectivity index is 3.15. The van der Waals surface area contributed by atoms with Gasteiger partial charge in [0.25, 0.3) is 0 Å². The Morgan fingerprint density at radius 1 is 1.63 bits per heavy atom. The van der Waals surface area contributed by atoms with Crippen LogP contribution >= 0.6 is 0 Å². The number of carbonyl (C=O) groups is 1. The molecule has 0 aliphatic rings. The monoisotopic (exact) mass is 267 g/mol. The van der Waals surface area contributed by atoms with Crippen molar-refractivity contribution in [1.29, 1.82) is 0 Å². The molecule has 0 amide bonds. The minimum absolute atomic E-state index is 0.181. The predicted molar refractivity (Wildman–Crippen MR) is 70.6 cm³/mol. The van der Waals surface area contributed by atoms with Gasteiger partial charge in [0.05, 0.1) is 4.92 Å². The second kappa shape index (κ2) is 6.12. The summed E-state index contributed by atoms with van der Waals surface area (Å²) in [6.07, 6.45) is 2.91. The minimum atomic E-state index is -1.33. The van der Waals surface area contributed by atoms with Crippen LogP contribution in [0.4, 0.5) is 11.5 Å². The van der Waals surface area contributed by atoms with Gasteiger partial charge in [-0.05, 0) is 13.3 Å². The molecule has 0 spiro atoms. The standard InChI is InChI=1S/C12H17N3O4/c1-4-5-8(2)14(3)11-6-9(12(16)17)10(7-13-11)15(18)19/h6-8H,4-5H2,1-3H3,(H,16,17). The molecule has 19 heavy (non-hydrogen) atoms. The average molecular weight is 267 g/mol. The van der Waals surface area contributed by atoms with E-state index in [-0.39, 0.29) is 11.6 Å². The number of nitro groups is 1. The van der Waals surface area contributed by atoms with Gasteiger partial charge in [0, 0.05) is 19.2 Å². The number of hydrogen-bond donors (Lipinski definition) is 1. The maximum absolute atomic E-state index is 11.0. The highest BCUT2D eigenvalue weighted by Crippen LogP contribution is 2.23. The Bertz CT molecular complexity index is 490. The number of aromatic carboxylic acids is 1. The van der Waals surface area contributed by atoms with Crippen LogP contribution in [0, 0.1) is 10.1 Å². The summed E-state index contributed by atoms with van der Waals surface area (Å²) in [6, 6.07) is 1.42. The summed E-state index contributed by atoms with van der Waals surface area (Å²) >= 11 is 0. The van der Waals surface area contributed by atoms with Gasteiger partial charge in [-0.25, -0.2) is 9.78 Å². The molecule has 0 bridgehead atoms. The van der Waals surface area contributed by atoms with Crippen LogP contribution in [-0.2, 0) is 0 Å². The summed E-state index contributed by atoms with van der Waals surface area (Å²) in [5, 5.41) is 19.7. The molecule has 1 N–H and O–H groups in total. The number of carboxylic acid groups (broad SMARTS) is 1. The first-order valence-electron chi connectivity index (χ1n) is 5.99. The lowest BCUT2D eigenvalue weighted by molar-refractivity contribution is -0.385. The van der Waals surface area contributed by atoms with E-state index in [9.17, 15) is 14.9 Å². The summed E-state index contributed by atoms with van der Waals surface area (Å²) < 4.78 is 0. The van der Waals surface area contributed by atoms with Crippen LogP contribution in [0.2, 0.25) is 0 Å². The first kappa shape index (κ1) is 14.9. The number of anilines is 1. The zero-order valence-electron chi connectivity index (χ0n) is 11.2. The van der Waals surface area contributed by atoms with Gasteiger partial charge in [-0.1, -0.05) is 13.3 Å². The predicted octanol–water partition coefficient (Wildman–Crippen LogP) is 2.31. The number of pyridine rings is 1. The van der Waals surface area contributed by atoms with Crippen molar-refractivity contribution in [3.8, 4) is 0 Å². The molecule has 0 saturated carbocycles. The number of nitrogens with zero attached hydrogens (tertiary/aromatic N) is 3. The van der Waals surface area contributed by atoms with E-state index >= 15 is 0 Å². The largest absolute Gasteiger partial charge is 0.477 e. The lowest BCUT2D eigenvalue weighted by Crippen LogP contribution is -2.29. The second-order valence-electron chi connectivity index (χ2n) is 4.37. The van der Waals surface area contributed by atoms with Crippen molar-refractivity contribution < 1.29 is 14.8 Å². The molecule has 1 aromatic heterocycles. The quantitative estimate of drug-likeness (QED) is 0.627. The number of rotatable bonds is 6. The first-order valence-corrected chi connectivity index (χ1v) is 5.99. The van der Waals surface area contributed by atoms with Crippen molar-refractivity contribution in [1.82, 2.24) is 4.98 Å². The SMILES string of the molecule is CCCC(C)N(C)c1cc(C(=O)O)c([N+](=O)[O-])cn1. The fourth-order valence-corrected chi connectivity index (χ4v) is 1.78. The van der Waals surface area contributed by atoms with Gasteiger partial charge in [0.1, 0.15) is 17.6 Å². The molecular weight excluding hydrogens is 250 g/mol. The van der Waals surface area contributed by atoms with Crippen LogP contribution < -0.4 is 4.90 Å². The van der Waals surface area contributed by atoms with Crippen LogP contribution in [0.25, 0.3) is 0 Å². The van der Waals surface area contributed by atoms with E-state index in [1.807, 2.05) is 11.8 Å². The third-order valence-electron chi connectivity index (χ3n) is 3.02. The van der Waals surface area contributed by atoms with Gasteiger partial charge < -0.3 is 10.0 Å². The van der Waals surface area contributed by atoms with Crippen LogP contribution in [0.3, 0.4) is 0 Å². The summed E-state index contributed by atoms with van der Waals surface area (Å²) in [4.78, 5) is 26.8. The summed E-state index contributed by atoms with van der Waals surface area (Å²) in [6.45, 7) is 4.04. The average Bonchev–Trinajstić information content (AvgIpc) is 2.37. The van der Waals surface area contributed by atoms with E-state index in [1.54, 1.807) is 7.05 Å². The fraction of sp³-hybridized carbons (Fsp3) is 0.500. The molecule has 1 unspecified atom stereocenters.